The minimum Gasteiger partial charge on any atom is -0.350 e. The Kier molecular flexibility index (Phi) is 4.93. The van der Waals surface area contributed by atoms with E-state index >= 15 is 0 Å². The Bertz CT molecular complexity index is 578. The van der Waals surface area contributed by atoms with Gasteiger partial charge in [0.15, 0.2) is 0 Å². The number of hydrogen-bond donors (Lipinski definition) is 2. The van der Waals surface area contributed by atoms with Gasteiger partial charge in [-0.15, -0.1) is 0 Å². The maximum atomic E-state index is 12.0. The lowest BCUT2D eigenvalue weighted by molar-refractivity contribution is -0.122. The van der Waals surface area contributed by atoms with E-state index in [1.807, 2.05) is 55.5 Å². The molecule has 0 spiro atoms. The molecule has 20 heavy (non-hydrogen) atoms. The van der Waals surface area contributed by atoms with Gasteiger partial charge in [0, 0.05) is 11.0 Å². The number of halogens is 1. The van der Waals surface area contributed by atoms with Crippen LogP contribution in [0.4, 0.5) is 0 Å². The van der Waals surface area contributed by atoms with Gasteiger partial charge in [0.1, 0.15) is 6.04 Å². The second-order valence-corrected chi connectivity index (χ2v) is 5.65. The summed E-state index contributed by atoms with van der Waals surface area (Å²) in [6.45, 7) is 2.48. The third kappa shape index (κ3) is 3.92. The molecule has 0 saturated carbocycles. The zero-order valence-corrected chi connectivity index (χ0v) is 12.9. The first kappa shape index (κ1) is 14.8. The highest BCUT2D eigenvalue weighted by atomic mass is 79.9. The average Bonchev–Trinajstić information content (AvgIpc) is 2.46. The van der Waals surface area contributed by atoms with Crippen LogP contribution in [0.1, 0.15) is 22.7 Å². The summed E-state index contributed by atoms with van der Waals surface area (Å²) < 4.78 is 1.02. The summed E-state index contributed by atoms with van der Waals surface area (Å²) in [6, 6.07) is 14.9. The van der Waals surface area contributed by atoms with Crippen molar-refractivity contribution in [2.45, 2.75) is 19.5 Å². The van der Waals surface area contributed by atoms with E-state index in [0.717, 1.165) is 21.2 Å². The molecule has 0 aliphatic carbocycles. The zero-order valence-electron chi connectivity index (χ0n) is 11.3. The lowest BCUT2D eigenvalue weighted by Crippen LogP contribution is -2.33. The molecule has 0 bridgehead atoms. The molecule has 2 rings (SSSR count). The first-order valence-corrected chi connectivity index (χ1v) is 7.20. The number of amides is 1. The summed E-state index contributed by atoms with van der Waals surface area (Å²) >= 11 is 3.38. The Hall–Kier alpha value is -1.65. The number of aryl methyl sites for hydroxylation is 1. The van der Waals surface area contributed by atoms with Crippen molar-refractivity contribution in [1.29, 1.82) is 0 Å². The number of benzene rings is 2. The van der Waals surface area contributed by atoms with E-state index in [1.54, 1.807) is 0 Å². The number of carbonyl (C=O) groups excluding carboxylic acids is 1. The average molecular weight is 333 g/mol. The summed E-state index contributed by atoms with van der Waals surface area (Å²) in [5, 5.41) is 2.85. The summed E-state index contributed by atoms with van der Waals surface area (Å²) in [5.41, 5.74) is 8.97. The quantitative estimate of drug-likeness (QED) is 0.903. The number of rotatable bonds is 4. The summed E-state index contributed by atoms with van der Waals surface area (Å²) in [7, 11) is 0. The first-order valence-electron chi connectivity index (χ1n) is 6.40. The molecule has 0 saturated heterocycles. The van der Waals surface area contributed by atoms with Crippen LogP contribution < -0.4 is 11.1 Å². The molecular formula is C16H17BrN2O. The van der Waals surface area contributed by atoms with Gasteiger partial charge in [0.05, 0.1) is 0 Å². The van der Waals surface area contributed by atoms with Crippen molar-refractivity contribution in [3.8, 4) is 0 Å². The van der Waals surface area contributed by atoms with Gasteiger partial charge >= 0.3 is 0 Å². The lowest BCUT2D eigenvalue weighted by atomic mass is 10.1. The molecule has 3 nitrogen and oxygen atoms in total. The van der Waals surface area contributed by atoms with Gasteiger partial charge in [0.2, 0.25) is 5.91 Å². The monoisotopic (exact) mass is 332 g/mol. The van der Waals surface area contributed by atoms with Crippen molar-refractivity contribution in [3.05, 3.63) is 69.7 Å². The molecule has 0 aliphatic heterocycles. The van der Waals surface area contributed by atoms with Gasteiger partial charge in [-0.1, -0.05) is 57.9 Å². The summed E-state index contributed by atoms with van der Waals surface area (Å²) in [5.74, 6) is -0.170. The van der Waals surface area contributed by atoms with E-state index < -0.39 is 6.04 Å². The van der Waals surface area contributed by atoms with Crippen LogP contribution in [0.2, 0.25) is 0 Å². The lowest BCUT2D eigenvalue weighted by Gasteiger charge is -2.13. The minimum atomic E-state index is -0.633. The van der Waals surface area contributed by atoms with Crippen molar-refractivity contribution in [2.24, 2.45) is 5.73 Å². The van der Waals surface area contributed by atoms with Crippen molar-refractivity contribution < 1.29 is 4.79 Å². The number of nitrogens with one attached hydrogen (secondary N) is 1. The molecule has 2 aromatic rings. The van der Waals surface area contributed by atoms with Crippen LogP contribution in [0, 0.1) is 6.92 Å². The fourth-order valence-electron chi connectivity index (χ4n) is 1.83. The number of hydrogen-bond acceptors (Lipinski definition) is 2. The zero-order chi connectivity index (χ0) is 14.5. The highest BCUT2D eigenvalue weighted by Crippen LogP contribution is 2.13. The molecule has 2 aromatic carbocycles. The molecule has 0 aliphatic rings. The molecule has 4 heteroatoms. The Balaban J connectivity index is 1.94. The van der Waals surface area contributed by atoms with E-state index in [-0.39, 0.29) is 5.91 Å². The normalized spacial score (nSPS) is 11.9. The maximum absolute atomic E-state index is 12.0. The van der Waals surface area contributed by atoms with Gasteiger partial charge in [0.25, 0.3) is 0 Å². The Morgan fingerprint density at radius 1 is 1.15 bits per heavy atom. The van der Waals surface area contributed by atoms with Crippen LogP contribution in [0.3, 0.4) is 0 Å². The van der Waals surface area contributed by atoms with Crippen LogP contribution >= 0.6 is 15.9 Å². The summed E-state index contributed by atoms with van der Waals surface area (Å²) in [6.07, 6.45) is 0. The van der Waals surface area contributed by atoms with Crippen molar-refractivity contribution in [1.82, 2.24) is 5.32 Å². The molecule has 0 fully saturated rings. The van der Waals surface area contributed by atoms with E-state index in [2.05, 4.69) is 21.2 Å². The fourth-order valence-corrected chi connectivity index (χ4v) is 2.09. The third-order valence-corrected chi connectivity index (χ3v) is 3.63. The molecule has 0 heterocycles. The van der Waals surface area contributed by atoms with Crippen LogP contribution in [0.5, 0.6) is 0 Å². The summed E-state index contributed by atoms with van der Waals surface area (Å²) in [4.78, 5) is 12.0. The van der Waals surface area contributed by atoms with Gasteiger partial charge in [-0.25, -0.2) is 0 Å². The standard InChI is InChI=1S/C16H17BrN2O/c1-11-2-6-13(7-3-11)15(18)16(20)19-10-12-4-8-14(17)9-5-12/h2-9,15H,10,18H2,1H3,(H,19,20). The number of carbonyl (C=O) groups is 1. The largest absolute Gasteiger partial charge is 0.350 e. The second kappa shape index (κ2) is 6.68. The van der Waals surface area contributed by atoms with Gasteiger partial charge in [-0.3, -0.25) is 4.79 Å². The minimum absolute atomic E-state index is 0.170. The van der Waals surface area contributed by atoms with E-state index in [9.17, 15) is 4.79 Å². The van der Waals surface area contributed by atoms with E-state index in [0.29, 0.717) is 6.54 Å². The van der Waals surface area contributed by atoms with Gasteiger partial charge < -0.3 is 11.1 Å². The van der Waals surface area contributed by atoms with Crippen molar-refractivity contribution in [2.75, 3.05) is 0 Å². The first-order chi connectivity index (χ1) is 9.56. The van der Waals surface area contributed by atoms with Crippen molar-refractivity contribution in [3.63, 3.8) is 0 Å². The molecule has 1 atom stereocenters. The molecular weight excluding hydrogens is 316 g/mol. The highest BCUT2D eigenvalue weighted by molar-refractivity contribution is 9.10. The molecule has 0 aromatic heterocycles. The predicted octanol–water partition coefficient (Wildman–Crippen LogP) is 3.07. The fraction of sp³-hybridized carbons (Fsp3) is 0.188. The van der Waals surface area contributed by atoms with Gasteiger partial charge in [-0.05, 0) is 30.2 Å². The maximum Gasteiger partial charge on any atom is 0.241 e. The van der Waals surface area contributed by atoms with Crippen LogP contribution in [-0.4, -0.2) is 5.91 Å². The van der Waals surface area contributed by atoms with Crippen molar-refractivity contribution >= 4 is 21.8 Å². The Morgan fingerprint density at radius 2 is 1.75 bits per heavy atom. The Labute approximate surface area is 127 Å². The van der Waals surface area contributed by atoms with Crippen LogP contribution in [-0.2, 0) is 11.3 Å². The second-order valence-electron chi connectivity index (χ2n) is 4.73. The predicted molar refractivity (Wildman–Crippen MR) is 84.1 cm³/mol. The third-order valence-electron chi connectivity index (χ3n) is 3.10. The molecule has 3 N–H and O–H groups in total. The van der Waals surface area contributed by atoms with Gasteiger partial charge in [-0.2, -0.15) is 0 Å². The number of nitrogens with two attached hydrogens (primary N) is 1. The van der Waals surface area contributed by atoms with Crippen LogP contribution in [0.15, 0.2) is 53.0 Å². The molecule has 0 radical (unpaired) electrons. The topological polar surface area (TPSA) is 55.1 Å². The Morgan fingerprint density at radius 3 is 2.35 bits per heavy atom. The van der Waals surface area contributed by atoms with E-state index in [1.165, 1.54) is 0 Å². The smallest absolute Gasteiger partial charge is 0.241 e. The highest BCUT2D eigenvalue weighted by Gasteiger charge is 2.14. The SMILES string of the molecule is Cc1ccc(C(N)C(=O)NCc2ccc(Br)cc2)cc1. The van der Waals surface area contributed by atoms with Crippen LogP contribution in [0.25, 0.3) is 0 Å². The molecule has 104 valence electrons. The molecule has 1 unspecified atom stereocenters. The molecule has 1 amide bonds. The van der Waals surface area contributed by atoms with E-state index in [4.69, 9.17) is 5.73 Å².